The molecule has 0 fully saturated rings. The summed E-state index contributed by atoms with van der Waals surface area (Å²) in [5.74, 6) is -0.598. The Balaban J connectivity index is 2.83. The normalized spacial score (nSPS) is 12.3. The smallest absolute Gasteiger partial charge is 0.329 e. The second-order valence-electron chi connectivity index (χ2n) is 5.52. The van der Waals surface area contributed by atoms with E-state index >= 15 is 0 Å². The summed E-state index contributed by atoms with van der Waals surface area (Å²) in [6, 6.07) is 8.58. The molecule has 112 valence electrons. The minimum absolute atomic E-state index is 0.0741. The molecule has 0 atom stereocenters. The second-order valence-corrected chi connectivity index (χ2v) is 5.52. The third kappa shape index (κ3) is 6.56. The third-order valence-corrected chi connectivity index (χ3v) is 2.55. The van der Waals surface area contributed by atoms with Crippen molar-refractivity contribution in [3.05, 3.63) is 35.9 Å². The summed E-state index contributed by atoms with van der Waals surface area (Å²) in [4.78, 5) is 12.8. The summed E-state index contributed by atoms with van der Waals surface area (Å²) in [6.45, 7) is 1.88. The van der Waals surface area contributed by atoms with E-state index in [9.17, 15) is 18.0 Å². The van der Waals surface area contributed by atoms with Crippen molar-refractivity contribution in [3.8, 4) is 0 Å². The van der Waals surface area contributed by atoms with Crippen molar-refractivity contribution in [1.29, 1.82) is 0 Å². The molecule has 1 rings (SSSR count). The van der Waals surface area contributed by atoms with E-state index in [1.165, 1.54) is 0 Å². The lowest BCUT2D eigenvalue weighted by Crippen LogP contribution is -2.44. The van der Waals surface area contributed by atoms with Crippen LogP contribution in [0, 0.1) is 0 Å². The van der Waals surface area contributed by atoms with Crippen molar-refractivity contribution in [2.45, 2.75) is 38.5 Å². The van der Waals surface area contributed by atoms with E-state index in [-0.39, 0.29) is 13.0 Å². The second kappa shape index (κ2) is 6.26. The van der Waals surface area contributed by atoms with E-state index < -0.39 is 24.2 Å². The number of halogens is 3. The molecule has 1 aromatic carbocycles. The Bertz CT molecular complexity index is 438. The molecule has 0 saturated carbocycles. The van der Waals surface area contributed by atoms with Gasteiger partial charge in [-0.15, -0.1) is 0 Å². The van der Waals surface area contributed by atoms with E-state index in [1.807, 2.05) is 0 Å². The average Bonchev–Trinajstić information content (AvgIpc) is 2.25. The van der Waals surface area contributed by atoms with Crippen LogP contribution in [0.25, 0.3) is 0 Å². The average molecular weight is 288 g/mol. The lowest BCUT2D eigenvalue weighted by molar-refractivity contribution is -0.163. The van der Waals surface area contributed by atoms with Crippen LogP contribution in [-0.2, 0) is 11.3 Å². The fourth-order valence-corrected chi connectivity index (χ4v) is 1.75. The number of nitrogens with zero attached hydrogens (tertiary/aromatic N) is 1. The van der Waals surface area contributed by atoms with Crippen LogP contribution < -0.4 is 5.73 Å². The molecule has 1 amide bonds. The van der Waals surface area contributed by atoms with E-state index in [0.717, 1.165) is 4.90 Å². The van der Waals surface area contributed by atoms with Crippen molar-refractivity contribution in [2.75, 3.05) is 6.54 Å². The Morgan fingerprint density at radius 2 is 1.75 bits per heavy atom. The molecule has 1 aromatic rings. The number of hydrogen-bond donors (Lipinski definition) is 1. The molecule has 0 spiro atoms. The summed E-state index contributed by atoms with van der Waals surface area (Å²) < 4.78 is 37.7. The van der Waals surface area contributed by atoms with Gasteiger partial charge in [0.25, 0.3) is 0 Å². The van der Waals surface area contributed by atoms with E-state index in [0.29, 0.717) is 5.56 Å². The van der Waals surface area contributed by atoms with Crippen molar-refractivity contribution >= 4 is 5.91 Å². The quantitative estimate of drug-likeness (QED) is 0.905. The van der Waals surface area contributed by atoms with Crippen LogP contribution in [0.2, 0.25) is 0 Å². The van der Waals surface area contributed by atoms with E-state index in [4.69, 9.17) is 5.73 Å². The minimum atomic E-state index is -4.43. The van der Waals surface area contributed by atoms with Crippen LogP contribution >= 0.6 is 0 Å². The number of alkyl halides is 3. The monoisotopic (exact) mass is 288 g/mol. The zero-order valence-corrected chi connectivity index (χ0v) is 11.6. The van der Waals surface area contributed by atoms with E-state index in [2.05, 4.69) is 0 Å². The largest absolute Gasteiger partial charge is 0.406 e. The SMILES string of the molecule is CC(C)(N)CC(=O)N(Cc1ccccc1)CC(F)(F)F. The van der Waals surface area contributed by atoms with Gasteiger partial charge < -0.3 is 10.6 Å². The number of carbonyl (C=O) groups excluding carboxylic acids is 1. The number of benzene rings is 1. The molecule has 0 bridgehead atoms. The maximum atomic E-state index is 12.6. The van der Waals surface area contributed by atoms with Crippen molar-refractivity contribution in [3.63, 3.8) is 0 Å². The highest BCUT2D eigenvalue weighted by molar-refractivity contribution is 5.77. The predicted molar refractivity (Wildman–Crippen MR) is 70.8 cm³/mol. The molecule has 0 aliphatic heterocycles. The highest BCUT2D eigenvalue weighted by Crippen LogP contribution is 2.20. The maximum Gasteiger partial charge on any atom is 0.406 e. The van der Waals surface area contributed by atoms with Crippen LogP contribution in [0.1, 0.15) is 25.8 Å². The van der Waals surface area contributed by atoms with Crippen LogP contribution in [0.3, 0.4) is 0 Å². The third-order valence-electron chi connectivity index (χ3n) is 2.55. The molecule has 0 saturated heterocycles. The zero-order valence-electron chi connectivity index (χ0n) is 11.6. The number of carbonyl (C=O) groups is 1. The number of amides is 1. The van der Waals surface area contributed by atoms with E-state index in [1.54, 1.807) is 44.2 Å². The molecule has 0 aliphatic rings. The van der Waals surface area contributed by atoms with Gasteiger partial charge in [0, 0.05) is 18.5 Å². The van der Waals surface area contributed by atoms with Gasteiger partial charge in [-0.2, -0.15) is 13.2 Å². The van der Waals surface area contributed by atoms with Gasteiger partial charge in [0.1, 0.15) is 6.54 Å². The lowest BCUT2D eigenvalue weighted by Gasteiger charge is -2.27. The van der Waals surface area contributed by atoms with Gasteiger partial charge in [0.2, 0.25) is 5.91 Å². The molecule has 20 heavy (non-hydrogen) atoms. The van der Waals surface area contributed by atoms with Gasteiger partial charge in [-0.25, -0.2) is 0 Å². The van der Waals surface area contributed by atoms with Crippen LogP contribution in [0.4, 0.5) is 13.2 Å². The fraction of sp³-hybridized carbons (Fsp3) is 0.500. The molecular weight excluding hydrogens is 269 g/mol. The Hall–Kier alpha value is -1.56. The topological polar surface area (TPSA) is 46.3 Å². The van der Waals surface area contributed by atoms with Crippen molar-refractivity contribution < 1.29 is 18.0 Å². The summed E-state index contributed by atoms with van der Waals surface area (Å²) in [6.07, 6.45) is -4.56. The number of nitrogens with two attached hydrogens (primary N) is 1. The van der Waals surface area contributed by atoms with Crippen molar-refractivity contribution in [2.24, 2.45) is 5.73 Å². The van der Waals surface area contributed by atoms with Gasteiger partial charge in [-0.1, -0.05) is 30.3 Å². The molecular formula is C14H19F3N2O. The Kier molecular flexibility index (Phi) is 5.16. The fourth-order valence-electron chi connectivity index (χ4n) is 1.75. The summed E-state index contributed by atoms with van der Waals surface area (Å²) in [7, 11) is 0. The summed E-state index contributed by atoms with van der Waals surface area (Å²) in [5.41, 5.74) is 5.52. The molecule has 0 aromatic heterocycles. The molecule has 0 radical (unpaired) electrons. The van der Waals surface area contributed by atoms with Crippen LogP contribution in [0.5, 0.6) is 0 Å². The first-order valence-electron chi connectivity index (χ1n) is 6.24. The van der Waals surface area contributed by atoms with Gasteiger partial charge >= 0.3 is 6.18 Å². The first kappa shape index (κ1) is 16.5. The molecule has 0 aliphatic carbocycles. The predicted octanol–water partition coefficient (Wildman–Crippen LogP) is 2.70. The van der Waals surface area contributed by atoms with Crippen LogP contribution in [0.15, 0.2) is 30.3 Å². The molecule has 6 heteroatoms. The van der Waals surface area contributed by atoms with Gasteiger partial charge in [-0.05, 0) is 19.4 Å². The number of rotatable bonds is 5. The lowest BCUT2D eigenvalue weighted by atomic mass is 10.0. The van der Waals surface area contributed by atoms with Crippen LogP contribution in [-0.4, -0.2) is 29.1 Å². The summed E-state index contributed by atoms with van der Waals surface area (Å²) in [5, 5.41) is 0. The maximum absolute atomic E-state index is 12.6. The highest BCUT2D eigenvalue weighted by atomic mass is 19.4. The number of hydrogen-bond acceptors (Lipinski definition) is 2. The summed E-state index contributed by atoms with van der Waals surface area (Å²) >= 11 is 0. The Labute approximate surface area is 116 Å². The highest BCUT2D eigenvalue weighted by Gasteiger charge is 2.34. The molecule has 0 heterocycles. The standard InChI is InChI=1S/C14H19F3N2O/c1-13(2,18)8-12(20)19(10-14(15,16)17)9-11-6-4-3-5-7-11/h3-7H,8-10,18H2,1-2H3. The molecule has 3 nitrogen and oxygen atoms in total. The molecule has 2 N–H and O–H groups in total. The first-order valence-corrected chi connectivity index (χ1v) is 6.24. The van der Waals surface area contributed by atoms with Crippen molar-refractivity contribution in [1.82, 2.24) is 4.90 Å². The Morgan fingerprint density at radius 3 is 2.20 bits per heavy atom. The first-order chi connectivity index (χ1) is 9.07. The minimum Gasteiger partial charge on any atom is -0.329 e. The van der Waals surface area contributed by atoms with Gasteiger partial charge in [0.05, 0.1) is 0 Å². The van der Waals surface area contributed by atoms with Gasteiger partial charge in [-0.3, -0.25) is 4.79 Å². The molecule has 0 unspecified atom stereocenters. The zero-order chi connectivity index (χ0) is 15.4. The Morgan fingerprint density at radius 1 is 1.20 bits per heavy atom. The van der Waals surface area contributed by atoms with Gasteiger partial charge in [0.15, 0.2) is 0 Å².